The molecule has 2 atom stereocenters. The van der Waals surface area contributed by atoms with E-state index in [1.807, 2.05) is 110 Å². The van der Waals surface area contributed by atoms with Crippen LogP contribution in [0, 0.1) is 25.7 Å². The first kappa shape index (κ1) is 50.9. The summed E-state index contributed by atoms with van der Waals surface area (Å²) < 4.78 is 24.6. The van der Waals surface area contributed by atoms with E-state index in [4.69, 9.17) is 23.4 Å². The van der Waals surface area contributed by atoms with Gasteiger partial charge in [0.05, 0.1) is 36.9 Å². The number of carboxylic acid groups (broad SMARTS) is 2. The highest BCUT2D eigenvalue weighted by Gasteiger charge is 2.27. The molecule has 4 heterocycles. The van der Waals surface area contributed by atoms with Gasteiger partial charge in [0.25, 0.3) is 5.91 Å². The Bertz CT molecular complexity index is 3010. The van der Waals surface area contributed by atoms with Crippen molar-refractivity contribution in [2.75, 3.05) is 32.5 Å². The summed E-state index contributed by atoms with van der Waals surface area (Å²) in [6.45, 7) is 14.3. The van der Waals surface area contributed by atoms with Gasteiger partial charge in [0, 0.05) is 48.2 Å². The van der Waals surface area contributed by atoms with Gasteiger partial charge in [-0.2, -0.15) is 0 Å². The van der Waals surface area contributed by atoms with Crippen molar-refractivity contribution in [1.29, 1.82) is 0 Å². The average molecular weight is 962 g/mol. The molecule has 3 aromatic heterocycles. The first-order valence-electron chi connectivity index (χ1n) is 23.8. The number of allylic oxidation sites excluding steroid dienone is 2. The van der Waals surface area contributed by atoms with Crippen molar-refractivity contribution in [3.63, 3.8) is 0 Å². The Balaban J connectivity index is 0.000000211. The third-order valence-electron chi connectivity index (χ3n) is 12.4. The number of hydrogen-bond donors (Lipinski definition) is 4. The monoisotopic (exact) mass is 961 g/mol. The number of rotatable bonds is 19. The van der Waals surface area contributed by atoms with E-state index in [9.17, 15) is 19.5 Å². The second-order valence-corrected chi connectivity index (χ2v) is 18.5. The highest BCUT2D eigenvalue weighted by molar-refractivity contribution is 5.92. The summed E-state index contributed by atoms with van der Waals surface area (Å²) in [6, 6.07) is 35.2. The molecule has 8 rings (SSSR count). The lowest BCUT2D eigenvalue weighted by Gasteiger charge is -2.29. The number of fused-ring (bicyclic) bond motifs is 2. The largest absolute Gasteiger partial charge is 0.489 e. The van der Waals surface area contributed by atoms with Gasteiger partial charge in [0.15, 0.2) is 0 Å². The van der Waals surface area contributed by atoms with E-state index in [2.05, 4.69) is 50.2 Å². The van der Waals surface area contributed by atoms with Crippen molar-refractivity contribution in [2.45, 2.75) is 73.3 Å². The molecule has 71 heavy (non-hydrogen) atoms. The van der Waals surface area contributed by atoms with Crippen LogP contribution in [0.1, 0.15) is 90.5 Å². The normalized spacial score (nSPS) is 13.2. The molecule has 370 valence electrons. The van der Waals surface area contributed by atoms with Gasteiger partial charge in [-0.05, 0) is 97.5 Å². The molecule has 4 N–H and O–H groups in total. The van der Waals surface area contributed by atoms with Crippen LogP contribution in [0.2, 0.25) is 0 Å². The predicted octanol–water partition coefficient (Wildman–Crippen LogP) is 11.5. The van der Waals surface area contributed by atoms with Gasteiger partial charge in [0.1, 0.15) is 58.8 Å². The number of aliphatic carboxylic acids is 2. The van der Waals surface area contributed by atoms with Crippen LogP contribution in [0.3, 0.4) is 0 Å². The maximum absolute atomic E-state index is 12.5. The molecule has 0 spiro atoms. The SMILES string of the molecule is Cc1c(C(NC2=CC=C(C(=O)O)N(C)C2)C(C)C)oc2ccc(OCc3ccccc3)cc12.Cc1c(C(Nc2ccc(C(=O)N(C)CCC(=O)O)nc2)C(C)C)oc2ccc(OCc3ccccc3)cc12. The van der Waals surface area contributed by atoms with Crippen LogP contribution >= 0.6 is 0 Å². The quantitative estimate of drug-likeness (QED) is 0.0602. The van der Waals surface area contributed by atoms with Crippen LogP contribution in [0.25, 0.3) is 21.9 Å². The van der Waals surface area contributed by atoms with E-state index in [1.54, 1.807) is 43.4 Å². The molecular weight excluding hydrogens is 899 g/mol. The third-order valence-corrected chi connectivity index (χ3v) is 12.4. The van der Waals surface area contributed by atoms with Gasteiger partial charge in [-0.3, -0.25) is 9.59 Å². The number of amides is 1. The van der Waals surface area contributed by atoms with E-state index < -0.39 is 11.9 Å². The summed E-state index contributed by atoms with van der Waals surface area (Å²) >= 11 is 0. The van der Waals surface area contributed by atoms with Gasteiger partial charge in [-0.25, -0.2) is 9.78 Å². The van der Waals surface area contributed by atoms with Crippen molar-refractivity contribution in [3.8, 4) is 11.5 Å². The zero-order valence-electron chi connectivity index (χ0n) is 41.6. The summed E-state index contributed by atoms with van der Waals surface area (Å²) in [6.07, 6.45) is 4.97. The van der Waals surface area contributed by atoms with E-state index in [1.165, 1.54) is 4.90 Å². The predicted molar refractivity (Wildman–Crippen MR) is 275 cm³/mol. The van der Waals surface area contributed by atoms with Crippen molar-refractivity contribution < 1.29 is 42.9 Å². The van der Waals surface area contributed by atoms with Crippen LogP contribution in [0.4, 0.5) is 5.69 Å². The Morgan fingerprint density at radius 3 is 1.69 bits per heavy atom. The lowest BCUT2D eigenvalue weighted by molar-refractivity contribution is -0.137. The maximum Gasteiger partial charge on any atom is 0.352 e. The van der Waals surface area contributed by atoms with E-state index in [0.717, 1.165) is 78.6 Å². The fraction of sp³-hybridized carbons (Fsp3) is 0.298. The van der Waals surface area contributed by atoms with Gasteiger partial charge in [-0.15, -0.1) is 0 Å². The number of nitrogens with zero attached hydrogens (tertiary/aromatic N) is 3. The molecule has 14 nitrogen and oxygen atoms in total. The summed E-state index contributed by atoms with van der Waals surface area (Å²) in [7, 11) is 3.35. The number of carbonyl (C=O) groups excluding carboxylic acids is 1. The fourth-order valence-electron chi connectivity index (χ4n) is 8.34. The average Bonchev–Trinajstić information content (AvgIpc) is 3.87. The number of aryl methyl sites for hydroxylation is 2. The first-order valence-corrected chi connectivity index (χ1v) is 23.8. The molecule has 2 unspecified atom stereocenters. The van der Waals surface area contributed by atoms with Crippen molar-refractivity contribution >= 4 is 45.5 Å². The number of pyridine rings is 1. The van der Waals surface area contributed by atoms with E-state index in [-0.39, 0.29) is 54.2 Å². The molecule has 0 saturated carbocycles. The minimum Gasteiger partial charge on any atom is -0.489 e. The molecule has 1 aliphatic rings. The van der Waals surface area contributed by atoms with Gasteiger partial charge in [-0.1, -0.05) is 88.4 Å². The summed E-state index contributed by atoms with van der Waals surface area (Å²) in [4.78, 5) is 42.1. The second kappa shape index (κ2) is 23.1. The molecule has 0 saturated heterocycles. The summed E-state index contributed by atoms with van der Waals surface area (Å²) in [5.74, 6) is 1.57. The number of carbonyl (C=O) groups is 3. The topological polar surface area (TPSA) is 180 Å². The number of carboxylic acids is 2. The number of nitrogens with one attached hydrogen (secondary N) is 2. The highest BCUT2D eigenvalue weighted by atomic mass is 16.5. The molecule has 1 aliphatic heterocycles. The van der Waals surface area contributed by atoms with Gasteiger partial charge >= 0.3 is 11.9 Å². The van der Waals surface area contributed by atoms with Gasteiger partial charge in [0.2, 0.25) is 0 Å². The van der Waals surface area contributed by atoms with Crippen LogP contribution in [-0.2, 0) is 22.8 Å². The van der Waals surface area contributed by atoms with Gasteiger partial charge < -0.3 is 49.0 Å². The lowest BCUT2D eigenvalue weighted by atomic mass is 9.97. The number of aromatic nitrogens is 1. The number of furan rings is 2. The number of anilines is 1. The van der Waals surface area contributed by atoms with Crippen LogP contribution < -0.4 is 20.1 Å². The Morgan fingerprint density at radius 1 is 0.718 bits per heavy atom. The third kappa shape index (κ3) is 12.8. The van der Waals surface area contributed by atoms with Crippen molar-refractivity contribution in [2.24, 2.45) is 11.8 Å². The minimum absolute atomic E-state index is 0.0504. The lowest BCUT2D eigenvalue weighted by Crippen LogP contribution is -2.35. The highest BCUT2D eigenvalue weighted by Crippen LogP contribution is 2.38. The molecule has 0 aliphatic carbocycles. The Labute approximate surface area is 414 Å². The molecular formula is C57H63N5O9. The molecule has 0 bridgehead atoms. The van der Waals surface area contributed by atoms with Crippen LogP contribution in [0.5, 0.6) is 11.5 Å². The Morgan fingerprint density at radius 2 is 1.24 bits per heavy atom. The molecule has 7 aromatic rings. The summed E-state index contributed by atoms with van der Waals surface area (Å²) in [5, 5.41) is 27.3. The fourth-order valence-corrected chi connectivity index (χ4v) is 8.34. The Hall–Kier alpha value is -8.00. The zero-order valence-corrected chi connectivity index (χ0v) is 41.6. The first-order chi connectivity index (χ1) is 34.1. The van der Waals surface area contributed by atoms with Crippen molar-refractivity contribution in [3.05, 3.63) is 178 Å². The molecule has 14 heteroatoms. The number of ether oxygens (including phenoxy) is 2. The molecule has 0 radical (unpaired) electrons. The van der Waals surface area contributed by atoms with Crippen molar-refractivity contribution in [1.82, 2.24) is 20.1 Å². The zero-order chi connectivity index (χ0) is 50.8. The Kier molecular flexibility index (Phi) is 16.5. The van der Waals surface area contributed by atoms with E-state index >= 15 is 0 Å². The standard InChI is InChI=1S/C30H33N3O5.C27H30N2O4/c1-19(2)28(32-22-10-12-25(31-17-22)30(36)33(4)15-14-27(34)35)29-20(3)24-16-23(11-13-26(24)38-29)37-18-21-8-6-5-7-9-21;1-17(2)25(28-20-10-12-23(27(30)31)29(4)15-20)26-18(3)22-14-21(11-13-24(22)33-26)32-16-19-8-6-5-7-9-19/h5-13,16-17,19,28,32H,14-15,18H2,1-4H3,(H,34,35);5-14,17,25,28H,15-16H2,1-4H3,(H,30,31). The molecule has 4 aromatic carbocycles. The molecule has 1 amide bonds. The maximum atomic E-state index is 12.5. The number of hydrogen-bond acceptors (Lipinski definition) is 11. The van der Waals surface area contributed by atoms with E-state index in [0.29, 0.717) is 19.8 Å². The van der Waals surface area contributed by atoms with Crippen LogP contribution in [0.15, 0.2) is 148 Å². The molecule has 0 fully saturated rings. The summed E-state index contributed by atoms with van der Waals surface area (Å²) in [5.41, 5.74) is 8.20. The minimum atomic E-state index is -0.950. The number of benzene rings is 4. The van der Waals surface area contributed by atoms with Crippen LogP contribution in [-0.4, -0.2) is 70.0 Å². The number of likely N-dealkylation sites (N-methyl/N-ethyl adjacent to an activating group) is 1. The smallest absolute Gasteiger partial charge is 0.352 e. The second-order valence-electron chi connectivity index (χ2n) is 18.5.